The average molecular weight is 266 g/mol. The van der Waals surface area contributed by atoms with Crippen molar-refractivity contribution in [3.63, 3.8) is 0 Å². The van der Waals surface area contributed by atoms with Crippen LogP contribution in [-0.4, -0.2) is 6.61 Å². The smallest absolute Gasteiger partial charge is 0.370 e. The molecule has 18 heavy (non-hydrogen) atoms. The number of nitrogen functional groups attached to an aromatic ring is 1. The van der Waals surface area contributed by atoms with E-state index in [-0.39, 0.29) is 12.4 Å². The van der Waals surface area contributed by atoms with Crippen molar-refractivity contribution in [2.45, 2.75) is 13.5 Å². The lowest BCUT2D eigenvalue weighted by Crippen LogP contribution is -2.36. The maximum Gasteiger partial charge on any atom is 0.370 e. The van der Waals surface area contributed by atoms with Gasteiger partial charge in [-0.25, -0.2) is 0 Å². The molecule has 1 heterocycles. The molecule has 0 aliphatic rings. The van der Waals surface area contributed by atoms with Crippen LogP contribution in [0.4, 0.5) is 5.69 Å². The second-order valence-corrected chi connectivity index (χ2v) is 3.84. The summed E-state index contributed by atoms with van der Waals surface area (Å²) in [5, 5.41) is 0. The van der Waals surface area contributed by atoms with Gasteiger partial charge in [-0.15, -0.1) is 12.4 Å². The van der Waals surface area contributed by atoms with Crippen LogP contribution in [0.5, 0.6) is 5.88 Å². The normalized spacial score (nSPS) is 9.61. The van der Waals surface area contributed by atoms with Crippen LogP contribution in [0.15, 0.2) is 48.7 Å². The highest BCUT2D eigenvalue weighted by atomic mass is 35.5. The Kier molecular flexibility index (Phi) is 5.46. The molecule has 2 N–H and O–H groups in total. The maximum atomic E-state index is 5.76. The first-order valence-corrected chi connectivity index (χ1v) is 5.75. The molecule has 1 aromatic carbocycles. The largest absolute Gasteiger partial charge is 0.445 e. The van der Waals surface area contributed by atoms with Crippen LogP contribution in [0.25, 0.3) is 0 Å². The van der Waals surface area contributed by atoms with E-state index < -0.39 is 0 Å². The van der Waals surface area contributed by atoms with Crippen molar-refractivity contribution < 1.29 is 9.30 Å². The molecule has 0 spiro atoms. The number of hydrogen-bond donors (Lipinski definition) is 1. The summed E-state index contributed by atoms with van der Waals surface area (Å²) in [4.78, 5) is 0. The SMILES string of the molecule is CCOc1cc(N)cc[n+]1Cc1ccccc1.Cl. The zero-order chi connectivity index (χ0) is 12.1. The molecular weight excluding hydrogens is 248 g/mol. The molecule has 0 bridgehead atoms. The quantitative estimate of drug-likeness (QED) is 0.863. The summed E-state index contributed by atoms with van der Waals surface area (Å²) < 4.78 is 7.62. The molecule has 2 aromatic rings. The molecule has 0 aliphatic carbocycles. The number of rotatable bonds is 4. The number of ether oxygens (including phenoxy) is 1. The minimum atomic E-state index is 0. The van der Waals surface area contributed by atoms with Gasteiger partial charge < -0.3 is 10.5 Å². The third-order valence-corrected chi connectivity index (χ3v) is 2.51. The topological polar surface area (TPSA) is 39.1 Å². The molecule has 0 unspecified atom stereocenters. The van der Waals surface area contributed by atoms with E-state index in [9.17, 15) is 0 Å². The van der Waals surface area contributed by atoms with Crippen LogP contribution >= 0.6 is 12.4 Å². The molecule has 0 saturated carbocycles. The van der Waals surface area contributed by atoms with Crippen LogP contribution in [-0.2, 0) is 6.54 Å². The van der Waals surface area contributed by atoms with E-state index in [2.05, 4.69) is 16.7 Å². The molecule has 0 radical (unpaired) electrons. The van der Waals surface area contributed by atoms with Crippen molar-refractivity contribution in [2.75, 3.05) is 12.3 Å². The number of nitrogens with zero attached hydrogens (tertiary/aromatic N) is 1. The van der Waals surface area contributed by atoms with Gasteiger partial charge in [-0.1, -0.05) is 30.3 Å². The van der Waals surface area contributed by atoms with Gasteiger partial charge in [-0.05, 0) is 6.92 Å². The third kappa shape index (κ3) is 3.64. The van der Waals surface area contributed by atoms with Crippen molar-refractivity contribution in [1.29, 1.82) is 0 Å². The van der Waals surface area contributed by atoms with Gasteiger partial charge in [0.25, 0.3) is 0 Å². The summed E-state index contributed by atoms with van der Waals surface area (Å²) in [5.41, 5.74) is 7.72. The van der Waals surface area contributed by atoms with Crippen molar-refractivity contribution in [3.8, 4) is 5.88 Å². The van der Waals surface area contributed by atoms with Crippen LogP contribution in [0, 0.1) is 0 Å². The predicted molar refractivity (Wildman–Crippen MR) is 75.0 cm³/mol. The lowest BCUT2D eigenvalue weighted by Gasteiger charge is -2.05. The van der Waals surface area contributed by atoms with Gasteiger partial charge >= 0.3 is 5.88 Å². The fourth-order valence-corrected chi connectivity index (χ4v) is 1.71. The maximum absolute atomic E-state index is 5.76. The highest BCUT2D eigenvalue weighted by Crippen LogP contribution is 2.10. The standard InChI is InChI=1S/C14H16N2O.ClH/c1-2-17-14-10-13(15)8-9-16(14)11-12-6-4-3-5-7-12;/h3-10,15H,2,11H2,1H3;1H/p+1. The highest BCUT2D eigenvalue weighted by Gasteiger charge is 2.12. The molecule has 0 saturated heterocycles. The van der Waals surface area contributed by atoms with E-state index in [0.717, 1.165) is 18.1 Å². The van der Waals surface area contributed by atoms with E-state index in [1.807, 2.05) is 43.5 Å². The molecule has 96 valence electrons. The number of hydrogen-bond acceptors (Lipinski definition) is 2. The first-order chi connectivity index (χ1) is 8.29. The van der Waals surface area contributed by atoms with Crippen molar-refractivity contribution >= 4 is 18.1 Å². The van der Waals surface area contributed by atoms with Crippen molar-refractivity contribution in [1.82, 2.24) is 0 Å². The van der Waals surface area contributed by atoms with Gasteiger partial charge in [0, 0.05) is 17.3 Å². The lowest BCUT2D eigenvalue weighted by atomic mass is 10.2. The number of nitrogens with two attached hydrogens (primary N) is 1. The van der Waals surface area contributed by atoms with E-state index in [4.69, 9.17) is 10.5 Å². The van der Waals surface area contributed by atoms with Gasteiger partial charge in [0.1, 0.15) is 0 Å². The van der Waals surface area contributed by atoms with Gasteiger partial charge in [0.05, 0.1) is 12.7 Å². The van der Waals surface area contributed by atoms with Crippen LogP contribution in [0.1, 0.15) is 12.5 Å². The Labute approximate surface area is 114 Å². The fourth-order valence-electron chi connectivity index (χ4n) is 1.71. The van der Waals surface area contributed by atoms with Gasteiger partial charge in [-0.2, -0.15) is 4.57 Å². The highest BCUT2D eigenvalue weighted by molar-refractivity contribution is 5.85. The number of halogens is 1. The van der Waals surface area contributed by atoms with E-state index in [1.54, 1.807) is 0 Å². The predicted octanol–water partition coefficient (Wildman–Crippen LogP) is 2.43. The van der Waals surface area contributed by atoms with Crippen molar-refractivity contribution in [2.24, 2.45) is 0 Å². The second-order valence-electron chi connectivity index (χ2n) is 3.84. The molecule has 0 fully saturated rings. The summed E-state index contributed by atoms with van der Waals surface area (Å²) in [5.74, 6) is 0.802. The Morgan fingerprint density at radius 3 is 2.56 bits per heavy atom. The van der Waals surface area contributed by atoms with Crippen molar-refractivity contribution in [3.05, 3.63) is 54.2 Å². The minimum absolute atomic E-state index is 0. The Morgan fingerprint density at radius 1 is 1.17 bits per heavy atom. The molecule has 4 heteroatoms. The Morgan fingerprint density at radius 2 is 1.89 bits per heavy atom. The van der Waals surface area contributed by atoms with Gasteiger partial charge in [0.15, 0.2) is 12.7 Å². The monoisotopic (exact) mass is 265 g/mol. The summed E-state index contributed by atoms with van der Waals surface area (Å²) >= 11 is 0. The lowest BCUT2D eigenvalue weighted by molar-refractivity contribution is -0.693. The molecule has 0 amide bonds. The van der Waals surface area contributed by atoms with Crippen LogP contribution < -0.4 is 15.0 Å². The summed E-state index contributed by atoms with van der Waals surface area (Å²) in [6, 6.07) is 14.0. The number of pyridine rings is 1. The van der Waals surface area contributed by atoms with Crippen LogP contribution in [0.2, 0.25) is 0 Å². The fraction of sp³-hybridized carbons (Fsp3) is 0.214. The molecule has 0 aliphatic heterocycles. The third-order valence-electron chi connectivity index (χ3n) is 2.51. The van der Waals surface area contributed by atoms with E-state index >= 15 is 0 Å². The summed E-state index contributed by atoms with van der Waals surface area (Å²) in [7, 11) is 0. The zero-order valence-electron chi connectivity index (χ0n) is 10.4. The Balaban J connectivity index is 0.00000162. The Hall–Kier alpha value is -1.74. The minimum Gasteiger partial charge on any atom is -0.445 e. The zero-order valence-corrected chi connectivity index (χ0v) is 11.2. The first-order valence-electron chi connectivity index (χ1n) is 5.75. The molecule has 1 aromatic heterocycles. The first kappa shape index (κ1) is 14.3. The van der Waals surface area contributed by atoms with Gasteiger partial charge in [-0.3, -0.25) is 0 Å². The molecule has 2 rings (SSSR count). The summed E-state index contributed by atoms with van der Waals surface area (Å²) in [6.07, 6.45) is 1.95. The van der Waals surface area contributed by atoms with Gasteiger partial charge in [0.2, 0.25) is 0 Å². The number of benzene rings is 1. The second kappa shape index (κ2) is 6.87. The van der Waals surface area contributed by atoms with E-state index in [1.165, 1.54) is 5.56 Å². The van der Waals surface area contributed by atoms with Crippen LogP contribution in [0.3, 0.4) is 0 Å². The Bertz CT molecular complexity index is 488. The molecule has 0 atom stereocenters. The molecule has 3 nitrogen and oxygen atoms in total. The van der Waals surface area contributed by atoms with E-state index in [0.29, 0.717) is 6.61 Å². The average Bonchev–Trinajstić information content (AvgIpc) is 2.34. The number of aromatic nitrogens is 1. The molecular formula is C14H18ClN2O+. The number of anilines is 1. The summed E-state index contributed by atoms with van der Waals surface area (Å²) in [6.45, 7) is 3.39.